The SMILES string of the molecule is C[P+](C)(Cc1ccccc1)Cc1ccccc1.O=P([O-])(O)O. The van der Waals surface area contributed by atoms with Crippen molar-refractivity contribution in [3.8, 4) is 0 Å². The summed E-state index contributed by atoms with van der Waals surface area (Å²) < 4.78 is 8.77. The lowest BCUT2D eigenvalue weighted by molar-refractivity contribution is -0.214. The maximum absolute atomic E-state index is 8.77. The average Bonchev–Trinajstić information content (AvgIpc) is 2.38. The third kappa shape index (κ3) is 9.83. The lowest BCUT2D eigenvalue weighted by Crippen LogP contribution is -1.97. The second kappa shape index (κ2) is 8.57. The summed E-state index contributed by atoms with van der Waals surface area (Å²) >= 11 is 0. The molecule has 0 saturated heterocycles. The van der Waals surface area contributed by atoms with Crippen molar-refractivity contribution in [3.05, 3.63) is 71.8 Å². The van der Waals surface area contributed by atoms with Crippen LogP contribution in [0.2, 0.25) is 0 Å². The molecule has 0 aliphatic heterocycles. The van der Waals surface area contributed by atoms with Crippen molar-refractivity contribution in [1.82, 2.24) is 0 Å². The molecule has 0 aliphatic rings. The lowest BCUT2D eigenvalue weighted by atomic mass is 10.2. The van der Waals surface area contributed by atoms with E-state index in [-0.39, 0.29) is 0 Å². The monoisotopic (exact) mass is 340 g/mol. The zero-order chi connectivity index (χ0) is 16.6. The molecule has 2 aromatic carbocycles. The normalized spacial score (nSPS) is 11.5. The minimum Gasteiger partial charge on any atom is -0.756 e. The molecule has 0 radical (unpaired) electrons. The van der Waals surface area contributed by atoms with Gasteiger partial charge in [0.2, 0.25) is 0 Å². The highest BCUT2D eigenvalue weighted by Gasteiger charge is 2.25. The van der Waals surface area contributed by atoms with Crippen LogP contribution in [0.5, 0.6) is 0 Å². The summed E-state index contributed by atoms with van der Waals surface area (Å²) in [6, 6.07) is 21.7. The Labute approximate surface area is 132 Å². The Hall–Kier alpha value is -1.02. The summed E-state index contributed by atoms with van der Waals surface area (Å²) in [7, 11) is -5.78. The Morgan fingerprint density at radius 2 is 1.14 bits per heavy atom. The van der Waals surface area contributed by atoms with Gasteiger partial charge < -0.3 is 14.7 Å². The van der Waals surface area contributed by atoms with Crippen LogP contribution in [0.4, 0.5) is 0 Å². The predicted molar refractivity (Wildman–Crippen MR) is 91.1 cm³/mol. The Kier molecular flexibility index (Phi) is 7.41. The molecule has 22 heavy (non-hydrogen) atoms. The Balaban J connectivity index is 0.000000422. The molecule has 0 unspecified atom stereocenters. The first kappa shape index (κ1) is 19.0. The third-order valence-electron chi connectivity index (χ3n) is 2.91. The molecule has 0 bridgehead atoms. The predicted octanol–water partition coefficient (Wildman–Crippen LogP) is 3.10. The molecule has 2 N–H and O–H groups in total. The highest BCUT2D eigenvalue weighted by atomic mass is 31.2. The third-order valence-corrected chi connectivity index (χ3v) is 5.35. The summed E-state index contributed by atoms with van der Waals surface area (Å²) in [5.41, 5.74) is 2.95. The smallest absolute Gasteiger partial charge is 0.262 e. The minimum atomic E-state index is -4.89. The van der Waals surface area contributed by atoms with E-state index in [1.54, 1.807) is 0 Å². The molecule has 0 heterocycles. The van der Waals surface area contributed by atoms with E-state index >= 15 is 0 Å². The Bertz CT molecular complexity index is 542. The van der Waals surface area contributed by atoms with Crippen molar-refractivity contribution >= 4 is 15.1 Å². The number of hydrogen-bond donors (Lipinski definition) is 2. The maximum Gasteiger partial charge on any atom is 0.262 e. The fraction of sp³-hybridized carbons (Fsp3) is 0.250. The van der Waals surface area contributed by atoms with Gasteiger partial charge in [-0.15, -0.1) is 0 Å². The van der Waals surface area contributed by atoms with Gasteiger partial charge in [0.05, 0.1) is 12.3 Å². The largest absolute Gasteiger partial charge is 0.756 e. The second-order valence-electron chi connectivity index (χ2n) is 5.71. The summed E-state index contributed by atoms with van der Waals surface area (Å²) in [6.45, 7) is 4.90. The number of rotatable bonds is 4. The molecule has 0 aromatic heterocycles. The fourth-order valence-electron chi connectivity index (χ4n) is 2.21. The number of hydrogen-bond acceptors (Lipinski definition) is 2. The van der Waals surface area contributed by atoms with Gasteiger partial charge >= 0.3 is 0 Å². The number of phosphoric acid groups is 1. The van der Waals surface area contributed by atoms with Gasteiger partial charge in [-0.2, -0.15) is 0 Å². The van der Waals surface area contributed by atoms with Crippen molar-refractivity contribution < 1.29 is 19.2 Å². The second-order valence-corrected chi connectivity index (χ2v) is 11.2. The molecule has 4 nitrogen and oxygen atoms in total. The fourth-order valence-corrected chi connectivity index (χ4v) is 4.72. The van der Waals surface area contributed by atoms with Crippen LogP contribution in [0, 0.1) is 0 Å². The van der Waals surface area contributed by atoms with Gasteiger partial charge in [0.25, 0.3) is 7.82 Å². The van der Waals surface area contributed by atoms with Gasteiger partial charge in [-0.3, -0.25) is 4.57 Å². The van der Waals surface area contributed by atoms with E-state index in [0.29, 0.717) is 0 Å². The first-order valence-electron chi connectivity index (χ1n) is 6.82. The Morgan fingerprint density at radius 1 is 0.864 bits per heavy atom. The van der Waals surface area contributed by atoms with Crippen LogP contribution in [0.15, 0.2) is 60.7 Å². The van der Waals surface area contributed by atoms with Crippen LogP contribution in [0.3, 0.4) is 0 Å². The molecule has 0 atom stereocenters. The van der Waals surface area contributed by atoms with E-state index in [2.05, 4.69) is 74.0 Å². The van der Waals surface area contributed by atoms with Gasteiger partial charge in [0.15, 0.2) is 0 Å². The van der Waals surface area contributed by atoms with Crippen molar-refractivity contribution in [1.29, 1.82) is 0 Å². The lowest BCUT2D eigenvalue weighted by Gasteiger charge is -2.18. The number of benzene rings is 2. The van der Waals surface area contributed by atoms with E-state index < -0.39 is 15.1 Å². The molecule has 0 amide bonds. The van der Waals surface area contributed by atoms with E-state index in [0.717, 1.165) is 0 Å². The molecule has 0 fully saturated rings. The summed E-state index contributed by atoms with van der Waals surface area (Å²) in [5.74, 6) is 0. The van der Waals surface area contributed by atoms with Crippen LogP contribution in [0.25, 0.3) is 0 Å². The standard InChI is InChI=1S/C16H20P.H3O4P/c1-17(2,13-15-9-5-3-6-10-15)14-16-11-7-4-8-12-16;1-5(2,3)4/h3-12H,13-14H2,1-2H3;(H3,1,2,3,4)/q+1;/p-1. The zero-order valence-electron chi connectivity index (χ0n) is 12.8. The highest BCUT2D eigenvalue weighted by Crippen LogP contribution is 2.57. The minimum absolute atomic E-state index is 0.886. The summed E-state index contributed by atoms with van der Waals surface area (Å²) in [4.78, 5) is 22.9. The average molecular weight is 340 g/mol. The van der Waals surface area contributed by atoms with E-state index in [1.165, 1.54) is 23.5 Å². The van der Waals surface area contributed by atoms with Crippen molar-refractivity contribution in [2.45, 2.75) is 12.3 Å². The van der Waals surface area contributed by atoms with Gasteiger partial charge in [0, 0.05) is 20.6 Å². The molecule has 120 valence electrons. The van der Waals surface area contributed by atoms with E-state index in [1.807, 2.05) is 0 Å². The zero-order valence-corrected chi connectivity index (χ0v) is 14.6. The quantitative estimate of drug-likeness (QED) is 0.838. The maximum atomic E-state index is 8.77. The van der Waals surface area contributed by atoms with E-state index in [4.69, 9.17) is 19.2 Å². The Morgan fingerprint density at radius 3 is 1.41 bits per heavy atom. The van der Waals surface area contributed by atoms with Crippen molar-refractivity contribution in [3.63, 3.8) is 0 Å². The molecular weight excluding hydrogens is 318 g/mol. The van der Waals surface area contributed by atoms with Crippen LogP contribution in [-0.2, 0) is 16.9 Å². The topological polar surface area (TPSA) is 80.6 Å². The van der Waals surface area contributed by atoms with Crippen LogP contribution >= 0.6 is 15.1 Å². The molecule has 0 spiro atoms. The first-order valence-corrected chi connectivity index (χ1v) is 11.4. The molecular formula is C16H22O4P2. The van der Waals surface area contributed by atoms with Crippen LogP contribution in [-0.4, -0.2) is 23.1 Å². The first-order chi connectivity index (χ1) is 10.2. The summed E-state index contributed by atoms with van der Waals surface area (Å²) in [6.07, 6.45) is 2.48. The van der Waals surface area contributed by atoms with Crippen LogP contribution < -0.4 is 4.89 Å². The van der Waals surface area contributed by atoms with Gasteiger partial charge in [-0.05, 0) is 11.1 Å². The van der Waals surface area contributed by atoms with Gasteiger partial charge in [-0.25, -0.2) is 0 Å². The molecule has 6 heteroatoms. The van der Waals surface area contributed by atoms with E-state index in [9.17, 15) is 0 Å². The van der Waals surface area contributed by atoms with Crippen molar-refractivity contribution in [2.24, 2.45) is 0 Å². The van der Waals surface area contributed by atoms with Crippen molar-refractivity contribution in [2.75, 3.05) is 13.3 Å². The van der Waals surface area contributed by atoms with Gasteiger partial charge in [-0.1, -0.05) is 60.7 Å². The molecule has 0 aliphatic carbocycles. The molecule has 2 rings (SSSR count). The molecule has 0 saturated carbocycles. The summed E-state index contributed by atoms with van der Waals surface area (Å²) in [5, 5.41) is 0. The van der Waals surface area contributed by atoms with Gasteiger partial charge in [0.1, 0.15) is 0 Å². The molecule has 2 aromatic rings. The van der Waals surface area contributed by atoms with Crippen LogP contribution in [0.1, 0.15) is 11.1 Å². The highest BCUT2D eigenvalue weighted by molar-refractivity contribution is 7.72.